The van der Waals surface area contributed by atoms with Crippen molar-refractivity contribution in [3.8, 4) is 5.69 Å². The molecule has 0 unspecified atom stereocenters. The van der Waals surface area contributed by atoms with Crippen LogP contribution in [0.3, 0.4) is 0 Å². The van der Waals surface area contributed by atoms with Gasteiger partial charge in [-0.1, -0.05) is 41.4 Å². The number of hydrogen-bond acceptors (Lipinski definition) is 3. The standard InChI is InChI=1S/C18H17Cl2N3O3S/c1-11-9-14(19)15(20)10-16(11)27(25,26)21-17-12(2)22(3)23(18(17)24)13-7-5-4-6-8-13/h4-10,21H,1-3H3. The fourth-order valence-electron chi connectivity index (χ4n) is 2.79. The van der Waals surface area contributed by atoms with Crippen molar-refractivity contribution in [3.63, 3.8) is 0 Å². The summed E-state index contributed by atoms with van der Waals surface area (Å²) >= 11 is 11.9. The van der Waals surface area contributed by atoms with Gasteiger partial charge in [0.1, 0.15) is 5.69 Å². The maximum Gasteiger partial charge on any atom is 0.296 e. The highest BCUT2D eigenvalue weighted by molar-refractivity contribution is 7.92. The molecule has 0 radical (unpaired) electrons. The molecule has 0 fully saturated rings. The molecule has 142 valence electrons. The zero-order valence-electron chi connectivity index (χ0n) is 14.8. The van der Waals surface area contributed by atoms with Gasteiger partial charge in [0, 0.05) is 7.05 Å². The summed E-state index contributed by atoms with van der Waals surface area (Å²) in [5, 5.41) is 0.379. The van der Waals surface area contributed by atoms with E-state index in [4.69, 9.17) is 23.2 Å². The molecule has 0 aliphatic carbocycles. The zero-order chi connectivity index (χ0) is 19.9. The van der Waals surface area contributed by atoms with Gasteiger partial charge in [0.05, 0.1) is 26.3 Å². The first-order valence-corrected chi connectivity index (χ1v) is 10.2. The topological polar surface area (TPSA) is 73.1 Å². The minimum atomic E-state index is -4.03. The fraction of sp³-hybridized carbons (Fsp3) is 0.167. The Kier molecular flexibility index (Phi) is 5.12. The van der Waals surface area contributed by atoms with E-state index in [2.05, 4.69) is 4.72 Å². The van der Waals surface area contributed by atoms with Crippen LogP contribution in [0.25, 0.3) is 5.69 Å². The Morgan fingerprint density at radius 2 is 1.59 bits per heavy atom. The monoisotopic (exact) mass is 425 g/mol. The first-order chi connectivity index (χ1) is 12.6. The molecule has 2 aromatic carbocycles. The van der Waals surface area contributed by atoms with Crippen LogP contribution in [-0.4, -0.2) is 17.8 Å². The van der Waals surface area contributed by atoms with Crippen LogP contribution in [-0.2, 0) is 17.1 Å². The van der Waals surface area contributed by atoms with Crippen LogP contribution >= 0.6 is 23.2 Å². The minimum Gasteiger partial charge on any atom is -0.283 e. The molecular weight excluding hydrogens is 409 g/mol. The molecule has 0 aliphatic heterocycles. The van der Waals surface area contributed by atoms with E-state index in [9.17, 15) is 13.2 Å². The quantitative estimate of drug-likeness (QED) is 0.688. The summed E-state index contributed by atoms with van der Waals surface area (Å²) in [5.41, 5.74) is 1.04. The number of benzene rings is 2. The molecule has 0 saturated heterocycles. The lowest BCUT2D eigenvalue weighted by atomic mass is 10.2. The summed E-state index contributed by atoms with van der Waals surface area (Å²) in [5.74, 6) is 0. The normalized spacial score (nSPS) is 11.6. The van der Waals surface area contributed by atoms with E-state index in [1.54, 1.807) is 49.8 Å². The minimum absolute atomic E-state index is 0.0215. The highest BCUT2D eigenvalue weighted by Crippen LogP contribution is 2.29. The lowest BCUT2D eigenvalue weighted by molar-refractivity contribution is 0.600. The van der Waals surface area contributed by atoms with Gasteiger partial charge in [-0.2, -0.15) is 0 Å². The highest BCUT2D eigenvalue weighted by atomic mass is 35.5. The molecule has 1 aromatic heterocycles. The van der Waals surface area contributed by atoms with Crippen LogP contribution in [0.2, 0.25) is 10.0 Å². The van der Waals surface area contributed by atoms with Crippen molar-refractivity contribution in [3.05, 3.63) is 74.1 Å². The Bertz CT molecular complexity index is 1180. The molecule has 1 N–H and O–H groups in total. The predicted molar refractivity (Wildman–Crippen MR) is 108 cm³/mol. The Morgan fingerprint density at radius 1 is 1.00 bits per heavy atom. The number of aromatic nitrogens is 2. The van der Waals surface area contributed by atoms with E-state index in [1.165, 1.54) is 16.8 Å². The van der Waals surface area contributed by atoms with E-state index in [0.717, 1.165) is 0 Å². The second-order valence-electron chi connectivity index (χ2n) is 6.07. The molecule has 27 heavy (non-hydrogen) atoms. The fourth-order valence-corrected chi connectivity index (χ4v) is 4.61. The lowest BCUT2D eigenvalue weighted by Gasteiger charge is -2.10. The third kappa shape index (κ3) is 3.50. The summed E-state index contributed by atoms with van der Waals surface area (Å²) in [4.78, 5) is 12.9. The molecule has 1 heterocycles. The first kappa shape index (κ1) is 19.5. The third-order valence-corrected chi connectivity index (χ3v) is 6.51. The molecule has 9 heteroatoms. The van der Waals surface area contributed by atoms with Gasteiger partial charge in [-0.15, -0.1) is 0 Å². The van der Waals surface area contributed by atoms with Crippen LogP contribution in [0, 0.1) is 13.8 Å². The highest BCUT2D eigenvalue weighted by Gasteiger charge is 2.24. The Hall–Kier alpha value is -2.22. The SMILES string of the molecule is Cc1cc(Cl)c(Cl)cc1S(=O)(=O)Nc1c(C)n(C)n(-c2ccccc2)c1=O. The van der Waals surface area contributed by atoms with E-state index in [-0.39, 0.29) is 20.6 Å². The number of hydrogen-bond donors (Lipinski definition) is 1. The van der Waals surface area contributed by atoms with Crippen molar-refractivity contribution in [2.75, 3.05) is 4.72 Å². The van der Waals surface area contributed by atoms with Crippen LogP contribution in [0.5, 0.6) is 0 Å². The number of sulfonamides is 1. The van der Waals surface area contributed by atoms with E-state index >= 15 is 0 Å². The Morgan fingerprint density at radius 3 is 2.22 bits per heavy atom. The summed E-state index contributed by atoms with van der Waals surface area (Å²) < 4.78 is 31.2. The molecular formula is C18H17Cl2N3O3S. The van der Waals surface area contributed by atoms with Crippen molar-refractivity contribution in [2.45, 2.75) is 18.7 Å². The number of nitrogens with one attached hydrogen (secondary N) is 1. The van der Waals surface area contributed by atoms with Gasteiger partial charge in [-0.25, -0.2) is 13.1 Å². The number of para-hydroxylation sites is 1. The maximum atomic E-state index is 12.9. The molecule has 0 spiro atoms. The number of anilines is 1. The summed E-state index contributed by atoms with van der Waals surface area (Å²) in [7, 11) is -2.35. The average molecular weight is 426 g/mol. The van der Waals surface area contributed by atoms with Crippen molar-refractivity contribution in [2.24, 2.45) is 7.05 Å². The smallest absolute Gasteiger partial charge is 0.283 e. The van der Waals surface area contributed by atoms with Gasteiger partial charge in [-0.3, -0.25) is 14.2 Å². The van der Waals surface area contributed by atoms with Crippen LogP contribution in [0.15, 0.2) is 52.2 Å². The number of aryl methyl sites for hydroxylation is 1. The summed E-state index contributed by atoms with van der Waals surface area (Å²) in [6.07, 6.45) is 0. The second kappa shape index (κ2) is 7.07. The summed E-state index contributed by atoms with van der Waals surface area (Å²) in [6, 6.07) is 11.7. The van der Waals surface area contributed by atoms with E-state index in [0.29, 0.717) is 16.9 Å². The maximum absolute atomic E-state index is 12.9. The first-order valence-electron chi connectivity index (χ1n) is 7.96. The van der Waals surface area contributed by atoms with Gasteiger partial charge in [-0.05, 0) is 43.7 Å². The zero-order valence-corrected chi connectivity index (χ0v) is 17.2. The summed E-state index contributed by atoms with van der Waals surface area (Å²) in [6.45, 7) is 3.28. The van der Waals surface area contributed by atoms with Crippen molar-refractivity contribution in [1.29, 1.82) is 0 Å². The van der Waals surface area contributed by atoms with Gasteiger partial charge in [0.25, 0.3) is 15.6 Å². The van der Waals surface area contributed by atoms with Gasteiger partial charge < -0.3 is 0 Å². The third-order valence-electron chi connectivity index (χ3n) is 4.30. The van der Waals surface area contributed by atoms with Crippen molar-refractivity contribution >= 4 is 38.9 Å². The molecule has 6 nitrogen and oxygen atoms in total. The molecule has 0 bridgehead atoms. The van der Waals surface area contributed by atoms with Crippen LogP contribution in [0.1, 0.15) is 11.3 Å². The molecule has 0 saturated carbocycles. The average Bonchev–Trinajstić information content (AvgIpc) is 2.82. The number of halogens is 2. The van der Waals surface area contributed by atoms with E-state index < -0.39 is 15.6 Å². The lowest BCUT2D eigenvalue weighted by Crippen LogP contribution is -2.23. The molecule has 3 rings (SSSR count). The van der Waals surface area contributed by atoms with Gasteiger partial charge >= 0.3 is 0 Å². The predicted octanol–water partition coefficient (Wildman–Crippen LogP) is 3.90. The van der Waals surface area contributed by atoms with Gasteiger partial charge in [0.15, 0.2) is 0 Å². The van der Waals surface area contributed by atoms with Crippen LogP contribution in [0.4, 0.5) is 5.69 Å². The second-order valence-corrected chi connectivity index (χ2v) is 8.54. The molecule has 0 aliphatic rings. The van der Waals surface area contributed by atoms with Crippen molar-refractivity contribution in [1.82, 2.24) is 9.36 Å². The molecule has 0 atom stereocenters. The Balaban J connectivity index is 2.12. The number of nitrogens with zero attached hydrogens (tertiary/aromatic N) is 2. The van der Waals surface area contributed by atoms with E-state index in [1.807, 2.05) is 6.07 Å². The van der Waals surface area contributed by atoms with Crippen molar-refractivity contribution < 1.29 is 8.42 Å². The molecule has 3 aromatic rings. The molecule has 0 amide bonds. The largest absolute Gasteiger partial charge is 0.296 e. The Labute approximate surface area is 167 Å². The van der Waals surface area contributed by atoms with Gasteiger partial charge in [0.2, 0.25) is 0 Å². The van der Waals surface area contributed by atoms with Crippen LogP contribution < -0.4 is 10.3 Å². The number of rotatable bonds is 4.